The Morgan fingerprint density at radius 1 is 1.26 bits per heavy atom. The molecule has 1 heterocycles. The van der Waals surface area contributed by atoms with Gasteiger partial charge < -0.3 is 14.4 Å². The summed E-state index contributed by atoms with van der Waals surface area (Å²) in [6.45, 7) is 4.42. The van der Waals surface area contributed by atoms with E-state index in [0.29, 0.717) is 6.54 Å². The van der Waals surface area contributed by atoms with Crippen LogP contribution in [0.3, 0.4) is 0 Å². The van der Waals surface area contributed by atoms with Crippen LogP contribution in [-0.4, -0.2) is 17.6 Å². The summed E-state index contributed by atoms with van der Waals surface area (Å²) in [6, 6.07) is 9.55. The van der Waals surface area contributed by atoms with Gasteiger partial charge in [-0.1, -0.05) is 12.1 Å². The lowest BCUT2D eigenvalue weighted by atomic mass is 10.1. The Balaban J connectivity index is 2.31. The van der Waals surface area contributed by atoms with Crippen LogP contribution in [-0.2, 0) is 11.3 Å². The van der Waals surface area contributed by atoms with E-state index in [1.54, 1.807) is 12.3 Å². The average molecular weight is 259 g/mol. The minimum atomic E-state index is -0.854. The third-order valence-electron chi connectivity index (χ3n) is 3.17. The second kappa shape index (κ2) is 5.61. The smallest absolute Gasteiger partial charge is 0.323 e. The van der Waals surface area contributed by atoms with Gasteiger partial charge in [0.1, 0.15) is 12.3 Å². The molecule has 2 rings (SSSR count). The van der Waals surface area contributed by atoms with Crippen LogP contribution >= 0.6 is 0 Å². The van der Waals surface area contributed by atoms with Gasteiger partial charge in [-0.25, -0.2) is 0 Å². The zero-order valence-electron chi connectivity index (χ0n) is 11.1. The van der Waals surface area contributed by atoms with Crippen molar-refractivity contribution in [2.75, 3.05) is 11.4 Å². The van der Waals surface area contributed by atoms with Crippen LogP contribution in [0.15, 0.2) is 41.0 Å². The van der Waals surface area contributed by atoms with E-state index in [9.17, 15) is 4.79 Å². The minimum absolute atomic E-state index is 0.0506. The molecule has 4 nitrogen and oxygen atoms in total. The molecule has 1 N–H and O–H groups in total. The van der Waals surface area contributed by atoms with Gasteiger partial charge in [0.05, 0.1) is 12.8 Å². The molecular formula is C15H17NO3. The quantitative estimate of drug-likeness (QED) is 0.896. The Kier molecular flexibility index (Phi) is 3.90. The fraction of sp³-hybridized carbons (Fsp3) is 0.267. The SMILES string of the molecule is Cc1cccc(N(CC(=O)O)Cc2ccco2)c1C. The molecule has 0 radical (unpaired) electrons. The van der Waals surface area contributed by atoms with Gasteiger partial charge in [-0.05, 0) is 43.2 Å². The molecule has 0 saturated carbocycles. The maximum atomic E-state index is 11.0. The van der Waals surface area contributed by atoms with Gasteiger partial charge in [0, 0.05) is 5.69 Å². The van der Waals surface area contributed by atoms with Crippen LogP contribution in [0.2, 0.25) is 0 Å². The Labute approximate surface area is 112 Å². The van der Waals surface area contributed by atoms with Crippen molar-refractivity contribution >= 4 is 11.7 Å². The topological polar surface area (TPSA) is 53.7 Å². The van der Waals surface area contributed by atoms with Gasteiger partial charge in [-0.2, -0.15) is 0 Å². The molecule has 0 aliphatic rings. The number of carbonyl (C=O) groups is 1. The van der Waals surface area contributed by atoms with Crippen molar-refractivity contribution in [3.8, 4) is 0 Å². The third kappa shape index (κ3) is 3.16. The number of anilines is 1. The van der Waals surface area contributed by atoms with Crippen LogP contribution in [0.5, 0.6) is 0 Å². The molecule has 19 heavy (non-hydrogen) atoms. The van der Waals surface area contributed by atoms with Crippen molar-refractivity contribution in [1.82, 2.24) is 0 Å². The van der Waals surface area contributed by atoms with Crippen LogP contribution in [0.1, 0.15) is 16.9 Å². The summed E-state index contributed by atoms with van der Waals surface area (Å²) >= 11 is 0. The molecule has 0 aliphatic carbocycles. The van der Waals surface area contributed by atoms with Crippen LogP contribution in [0.25, 0.3) is 0 Å². The molecule has 0 unspecified atom stereocenters. The van der Waals surface area contributed by atoms with E-state index in [1.807, 2.05) is 43.0 Å². The summed E-state index contributed by atoms with van der Waals surface area (Å²) in [4.78, 5) is 12.8. The summed E-state index contributed by atoms with van der Waals surface area (Å²) < 4.78 is 5.30. The van der Waals surface area contributed by atoms with E-state index in [0.717, 1.165) is 22.6 Å². The zero-order chi connectivity index (χ0) is 13.8. The zero-order valence-corrected chi connectivity index (χ0v) is 11.1. The molecule has 0 saturated heterocycles. The fourth-order valence-corrected chi connectivity index (χ4v) is 2.06. The molecule has 100 valence electrons. The van der Waals surface area contributed by atoms with Crippen molar-refractivity contribution in [1.29, 1.82) is 0 Å². The first-order chi connectivity index (χ1) is 9.08. The molecule has 0 amide bonds. The Morgan fingerprint density at radius 2 is 2.05 bits per heavy atom. The lowest BCUT2D eigenvalue weighted by Crippen LogP contribution is -2.29. The standard InChI is InChI=1S/C15H17NO3/c1-11-5-3-7-14(12(11)2)16(10-15(17)18)9-13-6-4-8-19-13/h3-8H,9-10H2,1-2H3,(H,17,18). The minimum Gasteiger partial charge on any atom is -0.480 e. The number of rotatable bonds is 5. The number of carboxylic acids is 1. The first-order valence-corrected chi connectivity index (χ1v) is 6.13. The van der Waals surface area contributed by atoms with Crippen molar-refractivity contribution < 1.29 is 14.3 Å². The summed E-state index contributed by atoms with van der Waals surface area (Å²) in [5.74, 6) is -0.102. The van der Waals surface area contributed by atoms with Crippen LogP contribution in [0.4, 0.5) is 5.69 Å². The highest BCUT2D eigenvalue weighted by Crippen LogP contribution is 2.24. The maximum Gasteiger partial charge on any atom is 0.323 e. The van der Waals surface area contributed by atoms with Crippen LogP contribution < -0.4 is 4.90 Å². The van der Waals surface area contributed by atoms with E-state index < -0.39 is 5.97 Å². The Morgan fingerprint density at radius 3 is 2.68 bits per heavy atom. The molecule has 0 bridgehead atoms. The van der Waals surface area contributed by atoms with Gasteiger partial charge in [0.25, 0.3) is 0 Å². The molecule has 0 fully saturated rings. The number of hydrogen-bond donors (Lipinski definition) is 1. The number of aliphatic carboxylic acids is 1. The monoisotopic (exact) mass is 259 g/mol. The summed E-state index contributed by atoms with van der Waals surface area (Å²) in [5.41, 5.74) is 3.17. The molecular weight excluding hydrogens is 242 g/mol. The predicted molar refractivity (Wildman–Crippen MR) is 73.3 cm³/mol. The van der Waals surface area contributed by atoms with Gasteiger partial charge in [-0.3, -0.25) is 4.79 Å². The van der Waals surface area contributed by atoms with Gasteiger partial charge in [-0.15, -0.1) is 0 Å². The lowest BCUT2D eigenvalue weighted by molar-refractivity contribution is -0.135. The molecule has 4 heteroatoms. The lowest BCUT2D eigenvalue weighted by Gasteiger charge is -2.24. The van der Waals surface area contributed by atoms with Gasteiger partial charge in [0.15, 0.2) is 0 Å². The van der Waals surface area contributed by atoms with Crippen molar-refractivity contribution in [2.24, 2.45) is 0 Å². The van der Waals surface area contributed by atoms with E-state index in [1.165, 1.54) is 0 Å². The first kappa shape index (κ1) is 13.2. The number of hydrogen-bond acceptors (Lipinski definition) is 3. The predicted octanol–water partition coefficient (Wildman–Crippen LogP) is 2.99. The fourth-order valence-electron chi connectivity index (χ4n) is 2.06. The summed E-state index contributed by atoms with van der Waals surface area (Å²) in [7, 11) is 0. The molecule has 0 aliphatic heterocycles. The second-order valence-corrected chi connectivity index (χ2v) is 4.55. The highest BCUT2D eigenvalue weighted by atomic mass is 16.4. The van der Waals surface area contributed by atoms with Crippen LogP contribution in [0, 0.1) is 13.8 Å². The molecule has 2 aromatic rings. The summed E-state index contributed by atoms with van der Waals surface area (Å²) in [6.07, 6.45) is 1.59. The number of benzene rings is 1. The van der Waals surface area contributed by atoms with Crippen molar-refractivity contribution in [2.45, 2.75) is 20.4 Å². The number of furan rings is 1. The summed E-state index contributed by atoms with van der Waals surface area (Å²) in [5, 5.41) is 9.06. The molecule has 0 atom stereocenters. The third-order valence-corrected chi connectivity index (χ3v) is 3.17. The number of aryl methyl sites for hydroxylation is 1. The largest absolute Gasteiger partial charge is 0.480 e. The molecule has 1 aromatic carbocycles. The van der Waals surface area contributed by atoms with E-state index in [2.05, 4.69) is 0 Å². The van der Waals surface area contributed by atoms with E-state index in [-0.39, 0.29) is 6.54 Å². The highest BCUT2D eigenvalue weighted by molar-refractivity contribution is 5.74. The molecule has 0 spiro atoms. The van der Waals surface area contributed by atoms with Crippen molar-refractivity contribution in [3.05, 3.63) is 53.5 Å². The maximum absolute atomic E-state index is 11.0. The second-order valence-electron chi connectivity index (χ2n) is 4.55. The number of carboxylic acid groups (broad SMARTS) is 1. The highest BCUT2D eigenvalue weighted by Gasteiger charge is 2.15. The van der Waals surface area contributed by atoms with Gasteiger partial charge in [0.2, 0.25) is 0 Å². The normalized spacial score (nSPS) is 10.4. The Hall–Kier alpha value is -2.23. The first-order valence-electron chi connectivity index (χ1n) is 6.13. The van der Waals surface area contributed by atoms with Gasteiger partial charge >= 0.3 is 5.97 Å². The number of nitrogens with zero attached hydrogens (tertiary/aromatic N) is 1. The average Bonchev–Trinajstić information content (AvgIpc) is 2.84. The molecule has 1 aromatic heterocycles. The van der Waals surface area contributed by atoms with E-state index in [4.69, 9.17) is 9.52 Å². The van der Waals surface area contributed by atoms with Crippen molar-refractivity contribution in [3.63, 3.8) is 0 Å². The van der Waals surface area contributed by atoms with E-state index >= 15 is 0 Å². The Bertz CT molecular complexity index is 561.